The standard InChI is InChI=1S/C30H25ClO4S/c1-18-9-15-24(20(3)19(18)2)26-16-12-22(17-28(26)31)29(32)30(33)27-8-6-5-7-25(27)21-10-13-23(14-11-21)36(4,34)35/h5-17H,1-4H3. The quantitative estimate of drug-likeness (QED) is 0.203. The highest BCUT2D eigenvalue weighted by atomic mass is 35.5. The van der Waals surface area contributed by atoms with E-state index in [9.17, 15) is 18.0 Å². The first-order valence-corrected chi connectivity index (χ1v) is 13.6. The van der Waals surface area contributed by atoms with Gasteiger partial charge < -0.3 is 0 Å². The summed E-state index contributed by atoms with van der Waals surface area (Å²) in [5.74, 6) is -1.33. The first-order chi connectivity index (χ1) is 17.0. The predicted molar refractivity (Wildman–Crippen MR) is 145 cm³/mol. The molecule has 4 nitrogen and oxygen atoms in total. The van der Waals surface area contributed by atoms with Crippen LogP contribution in [-0.4, -0.2) is 26.2 Å². The molecule has 0 fully saturated rings. The van der Waals surface area contributed by atoms with Crippen LogP contribution in [0, 0.1) is 20.8 Å². The summed E-state index contributed by atoms with van der Waals surface area (Å²) in [6.45, 7) is 6.15. The van der Waals surface area contributed by atoms with E-state index in [-0.39, 0.29) is 16.0 Å². The molecule has 0 unspecified atom stereocenters. The number of aryl methyl sites for hydroxylation is 1. The van der Waals surface area contributed by atoms with Crippen molar-refractivity contribution in [2.24, 2.45) is 0 Å². The molecule has 4 rings (SSSR count). The van der Waals surface area contributed by atoms with Crippen molar-refractivity contribution in [3.63, 3.8) is 0 Å². The van der Waals surface area contributed by atoms with Crippen molar-refractivity contribution in [1.29, 1.82) is 0 Å². The van der Waals surface area contributed by atoms with E-state index >= 15 is 0 Å². The molecule has 0 N–H and O–H groups in total. The molecule has 0 aromatic heterocycles. The molecule has 0 atom stereocenters. The van der Waals surface area contributed by atoms with Crippen molar-refractivity contribution in [3.8, 4) is 22.3 Å². The third kappa shape index (κ3) is 4.90. The second kappa shape index (κ2) is 9.84. The fraction of sp³-hybridized carbons (Fsp3) is 0.133. The zero-order valence-electron chi connectivity index (χ0n) is 20.4. The molecular weight excluding hydrogens is 492 g/mol. The zero-order valence-corrected chi connectivity index (χ0v) is 22.0. The van der Waals surface area contributed by atoms with Gasteiger partial charge in [-0.15, -0.1) is 0 Å². The molecule has 0 aliphatic rings. The van der Waals surface area contributed by atoms with Gasteiger partial charge in [-0.1, -0.05) is 72.3 Å². The van der Waals surface area contributed by atoms with E-state index in [1.54, 1.807) is 48.5 Å². The summed E-state index contributed by atoms with van der Waals surface area (Å²) in [7, 11) is -3.35. The largest absolute Gasteiger partial charge is 0.285 e. The van der Waals surface area contributed by atoms with Crippen LogP contribution in [-0.2, 0) is 9.84 Å². The molecule has 0 amide bonds. The number of benzene rings is 4. The molecule has 0 saturated carbocycles. The lowest BCUT2D eigenvalue weighted by atomic mass is 9.91. The van der Waals surface area contributed by atoms with Crippen LogP contribution in [0.15, 0.2) is 83.8 Å². The van der Waals surface area contributed by atoms with Gasteiger partial charge in [-0.25, -0.2) is 8.42 Å². The van der Waals surface area contributed by atoms with Crippen LogP contribution in [0.4, 0.5) is 0 Å². The van der Waals surface area contributed by atoms with E-state index in [1.807, 2.05) is 19.1 Å². The predicted octanol–water partition coefficient (Wildman–Crippen LogP) is 7.07. The Morgan fingerprint density at radius 2 is 1.33 bits per heavy atom. The van der Waals surface area contributed by atoms with Crippen molar-refractivity contribution >= 4 is 33.0 Å². The molecular formula is C30H25ClO4S. The van der Waals surface area contributed by atoms with E-state index < -0.39 is 21.4 Å². The van der Waals surface area contributed by atoms with Crippen molar-refractivity contribution in [2.45, 2.75) is 25.7 Å². The van der Waals surface area contributed by atoms with Gasteiger partial charge in [0.05, 0.1) is 4.90 Å². The summed E-state index contributed by atoms with van der Waals surface area (Å²) in [6, 6.07) is 22.0. The highest BCUT2D eigenvalue weighted by Gasteiger charge is 2.23. The summed E-state index contributed by atoms with van der Waals surface area (Å²) >= 11 is 6.59. The molecule has 6 heteroatoms. The highest BCUT2D eigenvalue weighted by Crippen LogP contribution is 2.34. The van der Waals surface area contributed by atoms with E-state index in [0.29, 0.717) is 16.1 Å². The lowest BCUT2D eigenvalue weighted by Gasteiger charge is -2.14. The molecule has 0 aliphatic carbocycles. The minimum Gasteiger partial charge on any atom is -0.285 e. The molecule has 0 radical (unpaired) electrons. The maximum absolute atomic E-state index is 13.3. The van der Waals surface area contributed by atoms with Gasteiger partial charge in [0.25, 0.3) is 0 Å². The van der Waals surface area contributed by atoms with Crippen LogP contribution in [0.25, 0.3) is 22.3 Å². The smallest absolute Gasteiger partial charge is 0.234 e. The lowest BCUT2D eigenvalue weighted by molar-refractivity contribution is 0.0817. The average molecular weight is 517 g/mol. The van der Waals surface area contributed by atoms with Crippen LogP contribution in [0.1, 0.15) is 37.4 Å². The minimum absolute atomic E-state index is 0.180. The van der Waals surface area contributed by atoms with Crippen molar-refractivity contribution < 1.29 is 18.0 Å². The van der Waals surface area contributed by atoms with Gasteiger partial charge in [0.2, 0.25) is 11.6 Å². The van der Waals surface area contributed by atoms with Gasteiger partial charge in [0, 0.05) is 28.0 Å². The van der Waals surface area contributed by atoms with E-state index in [2.05, 4.69) is 13.8 Å². The van der Waals surface area contributed by atoms with E-state index in [1.165, 1.54) is 29.3 Å². The van der Waals surface area contributed by atoms with Gasteiger partial charge in [0.1, 0.15) is 0 Å². The monoisotopic (exact) mass is 516 g/mol. The fourth-order valence-electron chi connectivity index (χ4n) is 4.19. The Kier molecular flexibility index (Phi) is 6.98. The van der Waals surface area contributed by atoms with Gasteiger partial charge >= 0.3 is 0 Å². The summed E-state index contributed by atoms with van der Waals surface area (Å²) < 4.78 is 23.6. The molecule has 0 heterocycles. The topological polar surface area (TPSA) is 68.3 Å². The number of hydrogen-bond donors (Lipinski definition) is 0. The molecule has 182 valence electrons. The first-order valence-electron chi connectivity index (χ1n) is 11.3. The third-order valence-corrected chi connectivity index (χ3v) is 7.99. The van der Waals surface area contributed by atoms with E-state index in [0.717, 1.165) is 22.9 Å². The Bertz CT molecular complexity index is 1620. The number of halogens is 1. The Labute approximate surface area is 216 Å². The second-order valence-corrected chi connectivity index (χ2v) is 11.3. The van der Waals surface area contributed by atoms with Crippen LogP contribution in [0.3, 0.4) is 0 Å². The third-order valence-electron chi connectivity index (χ3n) is 6.55. The number of carbonyl (C=O) groups is 2. The van der Waals surface area contributed by atoms with Crippen molar-refractivity contribution in [2.75, 3.05) is 6.26 Å². The van der Waals surface area contributed by atoms with Gasteiger partial charge in [0.15, 0.2) is 9.84 Å². The Balaban J connectivity index is 1.68. The number of rotatable bonds is 6. The van der Waals surface area contributed by atoms with Crippen LogP contribution < -0.4 is 0 Å². The molecule has 0 aliphatic heterocycles. The average Bonchev–Trinajstić information content (AvgIpc) is 2.86. The zero-order chi connectivity index (χ0) is 26.2. The molecule has 4 aromatic carbocycles. The van der Waals surface area contributed by atoms with E-state index in [4.69, 9.17) is 11.6 Å². The number of hydrogen-bond acceptors (Lipinski definition) is 4. The van der Waals surface area contributed by atoms with Gasteiger partial charge in [-0.2, -0.15) is 0 Å². The van der Waals surface area contributed by atoms with Crippen LogP contribution >= 0.6 is 11.6 Å². The van der Waals surface area contributed by atoms with Crippen LogP contribution in [0.5, 0.6) is 0 Å². The molecule has 0 bridgehead atoms. The molecule has 4 aromatic rings. The van der Waals surface area contributed by atoms with Gasteiger partial charge in [-0.05, 0) is 72.4 Å². The normalized spacial score (nSPS) is 11.4. The SMILES string of the molecule is Cc1ccc(-c2ccc(C(=O)C(=O)c3ccccc3-c3ccc(S(C)(=O)=O)cc3)cc2Cl)c(C)c1C. The number of sulfone groups is 1. The fourth-order valence-corrected chi connectivity index (χ4v) is 5.10. The van der Waals surface area contributed by atoms with Crippen molar-refractivity contribution in [1.82, 2.24) is 0 Å². The Hall–Kier alpha value is -3.54. The molecule has 0 spiro atoms. The maximum atomic E-state index is 13.3. The maximum Gasteiger partial charge on any atom is 0.234 e. The number of ketones is 2. The number of Topliss-reactive ketones (excluding diaryl/α,β-unsaturated/α-hetero) is 2. The first kappa shape index (κ1) is 25.5. The molecule has 36 heavy (non-hydrogen) atoms. The van der Waals surface area contributed by atoms with Crippen molar-refractivity contribution in [3.05, 3.63) is 112 Å². The van der Waals surface area contributed by atoms with Crippen LogP contribution in [0.2, 0.25) is 5.02 Å². The second-order valence-electron chi connectivity index (χ2n) is 8.88. The minimum atomic E-state index is -3.35. The Morgan fingerprint density at radius 1 is 0.694 bits per heavy atom. The summed E-state index contributed by atoms with van der Waals surface area (Å²) in [6.07, 6.45) is 1.13. The summed E-state index contributed by atoms with van der Waals surface area (Å²) in [4.78, 5) is 26.7. The van der Waals surface area contributed by atoms with Gasteiger partial charge in [-0.3, -0.25) is 9.59 Å². The molecule has 0 saturated heterocycles. The summed E-state index contributed by atoms with van der Waals surface area (Å²) in [5, 5.41) is 0.393. The lowest BCUT2D eigenvalue weighted by Crippen LogP contribution is -2.15. The summed E-state index contributed by atoms with van der Waals surface area (Å²) in [5.41, 5.74) is 6.89. The number of carbonyl (C=O) groups excluding carboxylic acids is 2. The Morgan fingerprint density at radius 3 is 1.97 bits per heavy atom. The highest BCUT2D eigenvalue weighted by molar-refractivity contribution is 7.90.